The van der Waals surface area contributed by atoms with Crippen LogP contribution in [0.15, 0.2) is 24.3 Å². The fraction of sp³-hybridized carbons (Fsp3) is 0.444. The van der Waals surface area contributed by atoms with Crippen molar-refractivity contribution >= 4 is 23.6 Å². The van der Waals surface area contributed by atoms with E-state index in [4.69, 9.17) is 4.84 Å². The number of amides is 2. The van der Waals surface area contributed by atoms with Crippen LogP contribution in [0.2, 0.25) is 0 Å². The first-order chi connectivity index (χ1) is 11.1. The molecule has 1 unspecified atom stereocenters. The monoisotopic (exact) mass is 331 g/mol. The number of imide groups is 1. The molecule has 0 bridgehead atoms. The van der Waals surface area contributed by atoms with E-state index in [0.29, 0.717) is 17.0 Å². The summed E-state index contributed by atoms with van der Waals surface area (Å²) in [6, 6.07) is 6.07. The molecule has 128 valence electrons. The highest BCUT2D eigenvalue weighted by Gasteiger charge is 2.40. The number of hydroxylamine groups is 2. The fourth-order valence-corrected chi connectivity index (χ4v) is 2.44. The molecule has 1 saturated heterocycles. The van der Waals surface area contributed by atoms with Gasteiger partial charge in [0.1, 0.15) is 0 Å². The number of hydrogen-bond donors (Lipinski definition) is 0. The van der Waals surface area contributed by atoms with Crippen molar-refractivity contribution in [1.29, 1.82) is 0 Å². The van der Waals surface area contributed by atoms with Crippen LogP contribution in [0.4, 0.5) is 0 Å². The molecule has 1 aliphatic heterocycles. The van der Waals surface area contributed by atoms with Crippen molar-refractivity contribution in [2.45, 2.75) is 40.5 Å². The zero-order valence-electron chi connectivity index (χ0n) is 14.3. The average molecular weight is 331 g/mol. The number of rotatable bonds is 4. The molecule has 0 N–H and O–H groups in total. The van der Waals surface area contributed by atoms with E-state index in [-0.39, 0.29) is 17.8 Å². The first kappa shape index (κ1) is 17.8. The Morgan fingerprint density at radius 3 is 2.38 bits per heavy atom. The molecular weight excluding hydrogens is 310 g/mol. The van der Waals surface area contributed by atoms with E-state index in [0.717, 1.165) is 0 Å². The van der Waals surface area contributed by atoms with Crippen LogP contribution in [0.5, 0.6) is 0 Å². The van der Waals surface area contributed by atoms with Crippen molar-refractivity contribution in [2.75, 3.05) is 0 Å². The maximum Gasteiger partial charge on any atom is 0.363 e. The van der Waals surface area contributed by atoms with Gasteiger partial charge in [0.15, 0.2) is 5.78 Å². The van der Waals surface area contributed by atoms with Gasteiger partial charge >= 0.3 is 5.97 Å². The van der Waals surface area contributed by atoms with Crippen LogP contribution < -0.4 is 0 Å². The molecule has 1 atom stereocenters. The van der Waals surface area contributed by atoms with Crippen molar-refractivity contribution in [1.82, 2.24) is 5.06 Å². The van der Waals surface area contributed by atoms with Crippen molar-refractivity contribution in [3.63, 3.8) is 0 Å². The third kappa shape index (κ3) is 3.53. The first-order valence-corrected chi connectivity index (χ1v) is 7.89. The summed E-state index contributed by atoms with van der Waals surface area (Å²) in [6.45, 7) is 7.15. The second-order valence-electron chi connectivity index (χ2n) is 6.87. The van der Waals surface area contributed by atoms with Crippen LogP contribution >= 0.6 is 0 Å². The van der Waals surface area contributed by atoms with Crippen molar-refractivity contribution in [2.24, 2.45) is 11.3 Å². The largest absolute Gasteiger partial charge is 0.363 e. The summed E-state index contributed by atoms with van der Waals surface area (Å²) in [5.74, 6) is -2.42. The van der Waals surface area contributed by atoms with Gasteiger partial charge in [-0.2, -0.15) is 0 Å². The molecule has 0 saturated carbocycles. The number of Topliss-reactive ketones (excluding diaryl/α,β-unsaturated/α-hetero) is 1. The molecule has 24 heavy (non-hydrogen) atoms. The van der Waals surface area contributed by atoms with Crippen molar-refractivity contribution < 1.29 is 24.0 Å². The summed E-state index contributed by atoms with van der Waals surface area (Å²) in [4.78, 5) is 53.3. The van der Waals surface area contributed by atoms with Gasteiger partial charge in [-0.05, 0) is 18.6 Å². The standard InChI is InChI=1S/C18H21NO5/c1-5-11-10-14(20)19(16(11)22)24-17(23)13-8-6-7-12(9-13)15(21)18(2,3)4/h6-9,11H,5,10H2,1-4H3. The predicted molar refractivity (Wildman–Crippen MR) is 85.9 cm³/mol. The minimum Gasteiger partial charge on any atom is -0.325 e. The van der Waals surface area contributed by atoms with Gasteiger partial charge in [0.25, 0.3) is 11.8 Å². The van der Waals surface area contributed by atoms with E-state index in [1.165, 1.54) is 12.1 Å². The highest BCUT2D eigenvalue weighted by Crippen LogP contribution is 2.24. The Kier molecular flexibility index (Phi) is 4.87. The summed E-state index contributed by atoms with van der Waals surface area (Å²) in [5, 5.41) is 0.536. The number of carbonyl (C=O) groups is 4. The molecule has 2 amide bonds. The summed E-state index contributed by atoms with van der Waals surface area (Å²) in [7, 11) is 0. The average Bonchev–Trinajstić information content (AvgIpc) is 2.80. The molecule has 6 heteroatoms. The lowest BCUT2D eigenvalue weighted by molar-refractivity contribution is -0.173. The lowest BCUT2D eigenvalue weighted by Crippen LogP contribution is -2.33. The van der Waals surface area contributed by atoms with E-state index in [1.54, 1.807) is 39.8 Å². The van der Waals surface area contributed by atoms with Gasteiger partial charge in [0.05, 0.1) is 11.5 Å². The van der Waals surface area contributed by atoms with Crippen LogP contribution in [0.3, 0.4) is 0 Å². The highest BCUT2D eigenvalue weighted by molar-refractivity contribution is 6.05. The highest BCUT2D eigenvalue weighted by atomic mass is 16.7. The molecule has 1 aliphatic rings. The minimum absolute atomic E-state index is 0.0468. The SMILES string of the molecule is CCC1CC(=O)N(OC(=O)c2cccc(C(=O)C(C)(C)C)c2)C1=O. The second-order valence-corrected chi connectivity index (χ2v) is 6.87. The Morgan fingerprint density at radius 2 is 1.83 bits per heavy atom. The van der Waals surface area contributed by atoms with Crippen LogP contribution in [0.25, 0.3) is 0 Å². The van der Waals surface area contributed by atoms with Gasteiger partial charge < -0.3 is 4.84 Å². The Labute approximate surface area is 140 Å². The molecule has 1 heterocycles. The number of nitrogens with zero attached hydrogens (tertiary/aromatic N) is 1. The van der Waals surface area contributed by atoms with Gasteiger partial charge in [0, 0.05) is 17.4 Å². The van der Waals surface area contributed by atoms with Crippen LogP contribution in [0, 0.1) is 11.3 Å². The van der Waals surface area contributed by atoms with E-state index in [9.17, 15) is 19.2 Å². The molecule has 1 aromatic carbocycles. The third-order valence-corrected chi connectivity index (χ3v) is 3.91. The lowest BCUT2D eigenvalue weighted by Gasteiger charge is -2.17. The summed E-state index contributed by atoms with van der Waals surface area (Å²) in [5.41, 5.74) is -0.0919. The van der Waals surface area contributed by atoms with E-state index in [2.05, 4.69) is 0 Å². The topological polar surface area (TPSA) is 80.8 Å². The summed E-state index contributed by atoms with van der Waals surface area (Å²) < 4.78 is 0. The molecule has 6 nitrogen and oxygen atoms in total. The number of hydrogen-bond acceptors (Lipinski definition) is 5. The van der Waals surface area contributed by atoms with E-state index < -0.39 is 29.1 Å². The van der Waals surface area contributed by atoms with Crippen LogP contribution in [-0.4, -0.2) is 28.6 Å². The van der Waals surface area contributed by atoms with Gasteiger partial charge in [-0.25, -0.2) is 4.79 Å². The normalized spacial score (nSPS) is 18.0. The van der Waals surface area contributed by atoms with Gasteiger partial charge in [0.2, 0.25) is 0 Å². The van der Waals surface area contributed by atoms with E-state index in [1.807, 2.05) is 0 Å². The van der Waals surface area contributed by atoms with Gasteiger partial charge in [-0.15, -0.1) is 5.06 Å². The maximum absolute atomic E-state index is 12.3. The third-order valence-electron chi connectivity index (χ3n) is 3.91. The number of ketones is 1. The fourth-order valence-electron chi connectivity index (χ4n) is 2.44. The van der Waals surface area contributed by atoms with Crippen molar-refractivity contribution in [3.05, 3.63) is 35.4 Å². The Morgan fingerprint density at radius 1 is 1.21 bits per heavy atom. The molecule has 0 aliphatic carbocycles. The maximum atomic E-state index is 12.3. The van der Waals surface area contributed by atoms with Crippen molar-refractivity contribution in [3.8, 4) is 0 Å². The quantitative estimate of drug-likeness (QED) is 0.626. The lowest BCUT2D eigenvalue weighted by atomic mass is 9.86. The predicted octanol–water partition coefficient (Wildman–Crippen LogP) is 2.77. The van der Waals surface area contributed by atoms with E-state index >= 15 is 0 Å². The van der Waals surface area contributed by atoms with Crippen LogP contribution in [0.1, 0.15) is 61.3 Å². The van der Waals surface area contributed by atoms with Crippen LogP contribution in [-0.2, 0) is 14.4 Å². The molecule has 1 aromatic rings. The zero-order valence-corrected chi connectivity index (χ0v) is 14.3. The second kappa shape index (κ2) is 6.55. The van der Waals surface area contributed by atoms with Gasteiger partial charge in [-0.1, -0.05) is 39.8 Å². The number of carbonyl (C=O) groups excluding carboxylic acids is 4. The number of benzene rings is 1. The molecule has 0 spiro atoms. The minimum atomic E-state index is -0.836. The van der Waals surface area contributed by atoms with Gasteiger partial charge in [-0.3, -0.25) is 14.4 Å². The molecule has 0 aromatic heterocycles. The first-order valence-electron chi connectivity index (χ1n) is 7.89. The zero-order chi connectivity index (χ0) is 18.1. The molecule has 2 rings (SSSR count). The Hall–Kier alpha value is -2.50. The summed E-state index contributed by atoms with van der Waals surface area (Å²) in [6.07, 6.45) is 0.555. The summed E-state index contributed by atoms with van der Waals surface area (Å²) >= 11 is 0. The molecule has 1 fully saturated rings. The molecular formula is C18H21NO5. The smallest absolute Gasteiger partial charge is 0.325 e. The molecule has 0 radical (unpaired) electrons. The Bertz CT molecular complexity index is 702. The Balaban J connectivity index is 2.18.